The number of rotatable bonds is 4. The average molecular weight is 380 g/mol. The largest absolute Gasteiger partial charge is 0.392 e. The van der Waals surface area contributed by atoms with E-state index >= 15 is 0 Å². The quantitative estimate of drug-likeness (QED) is 0.725. The Hall–Kier alpha value is -2.93. The number of hydrogen-bond acceptors (Lipinski definition) is 4. The molecular weight excluding hydrogens is 356 g/mol. The molecule has 4 rings (SSSR count). The molecule has 1 aromatic carbocycles. The smallest absolute Gasteiger partial charge is 0.250 e. The van der Waals surface area contributed by atoms with Crippen molar-refractivity contribution in [2.75, 3.05) is 13.1 Å². The fourth-order valence-electron chi connectivity index (χ4n) is 3.93. The van der Waals surface area contributed by atoms with E-state index in [9.17, 15) is 14.7 Å². The molecule has 0 aliphatic carbocycles. The molecule has 2 N–H and O–H groups in total. The van der Waals surface area contributed by atoms with Crippen molar-refractivity contribution in [2.24, 2.45) is 5.92 Å². The van der Waals surface area contributed by atoms with Gasteiger partial charge >= 0.3 is 0 Å². The van der Waals surface area contributed by atoms with Gasteiger partial charge in [0.2, 0.25) is 5.91 Å². The van der Waals surface area contributed by atoms with E-state index in [1.165, 1.54) is 0 Å². The topological polar surface area (TPSA) is 91.2 Å². The first-order chi connectivity index (χ1) is 13.5. The highest BCUT2D eigenvalue weighted by atomic mass is 16.3. The number of H-pyrrole nitrogens is 1. The molecule has 3 heterocycles. The predicted octanol–water partition coefficient (Wildman–Crippen LogP) is 2.06. The minimum Gasteiger partial charge on any atom is -0.392 e. The van der Waals surface area contributed by atoms with Crippen molar-refractivity contribution in [3.8, 4) is 11.4 Å². The first kappa shape index (κ1) is 18.4. The second-order valence-corrected chi connectivity index (χ2v) is 7.55. The van der Waals surface area contributed by atoms with E-state index in [1.54, 1.807) is 20.0 Å². The maximum atomic E-state index is 11.8. The van der Waals surface area contributed by atoms with Crippen molar-refractivity contribution in [1.29, 1.82) is 0 Å². The Morgan fingerprint density at radius 2 is 2.18 bits per heavy atom. The number of aryl methyl sites for hydroxylation is 1. The molecule has 0 bridgehead atoms. The van der Waals surface area contributed by atoms with Crippen LogP contribution in [0.15, 0.2) is 35.3 Å². The van der Waals surface area contributed by atoms with Crippen LogP contribution in [-0.2, 0) is 17.9 Å². The minimum absolute atomic E-state index is 0.0356. The van der Waals surface area contributed by atoms with Gasteiger partial charge in [-0.3, -0.25) is 9.59 Å². The Labute approximate surface area is 162 Å². The summed E-state index contributed by atoms with van der Waals surface area (Å²) in [6, 6.07) is 7.62. The molecule has 1 aliphatic rings. The molecular formula is C21H24N4O3. The number of likely N-dealkylation sites (tertiary alicyclic amines) is 1. The number of pyridine rings is 1. The number of carbonyl (C=O) groups excluding carboxylic acids is 1. The van der Waals surface area contributed by atoms with Crippen molar-refractivity contribution in [3.05, 3.63) is 51.9 Å². The van der Waals surface area contributed by atoms with Crippen LogP contribution in [0.2, 0.25) is 0 Å². The SMILES string of the molecule is CC(=O)N1CCC(Cn2c(-c3c[nH]c(=O)c(C)c3)nc3cc(CO)ccc32)C1. The third-order valence-electron chi connectivity index (χ3n) is 5.51. The monoisotopic (exact) mass is 380 g/mol. The molecule has 1 aliphatic heterocycles. The molecule has 1 saturated heterocycles. The van der Waals surface area contributed by atoms with Gasteiger partial charge in [-0.05, 0) is 43.0 Å². The van der Waals surface area contributed by atoms with Crippen molar-refractivity contribution in [2.45, 2.75) is 33.4 Å². The molecule has 7 nitrogen and oxygen atoms in total. The number of aliphatic hydroxyl groups is 1. The lowest BCUT2D eigenvalue weighted by molar-refractivity contribution is -0.127. The molecule has 0 spiro atoms. The number of carbonyl (C=O) groups is 1. The molecule has 3 aromatic rings. The van der Waals surface area contributed by atoms with Gasteiger partial charge in [0.1, 0.15) is 5.82 Å². The molecule has 28 heavy (non-hydrogen) atoms. The lowest BCUT2D eigenvalue weighted by Gasteiger charge is -2.16. The minimum atomic E-state index is -0.109. The third-order valence-corrected chi connectivity index (χ3v) is 5.51. The van der Waals surface area contributed by atoms with Crippen LogP contribution in [0.25, 0.3) is 22.4 Å². The summed E-state index contributed by atoms with van der Waals surface area (Å²) in [7, 11) is 0. The highest BCUT2D eigenvalue weighted by Gasteiger charge is 2.26. The van der Waals surface area contributed by atoms with Gasteiger partial charge in [0.25, 0.3) is 5.56 Å². The van der Waals surface area contributed by atoms with Crippen molar-refractivity contribution in [3.63, 3.8) is 0 Å². The highest BCUT2D eigenvalue weighted by Crippen LogP contribution is 2.28. The number of hydrogen-bond donors (Lipinski definition) is 2. The number of fused-ring (bicyclic) bond motifs is 1. The van der Waals surface area contributed by atoms with Crippen LogP contribution >= 0.6 is 0 Å². The van der Waals surface area contributed by atoms with Crippen molar-refractivity contribution >= 4 is 16.9 Å². The summed E-state index contributed by atoms with van der Waals surface area (Å²) in [5, 5.41) is 9.46. The average Bonchev–Trinajstić information content (AvgIpc) is 3.29. The molecule has 1 fully saturated rings. The molecule has 1 atom stereocenters. The van der Waals surface area contributed by atoms with E-state index in [1.807, 2.05) is 29.2 Å². The van der Waals surface area contributed by atoms with Gasteiger partial charge in [-0.15, -0.1) is 0 Å². The van der Waals surface area contributed by atoms with Crippen molar-refractivity contribution < 1.29 is 9.90 Å². The molecule has 0 saturated carbocycles. The Bertz CT molecular complexity index is 1100. The Morgan fingerprint density at radius 3 is 2.86 bits per heavy atom. The van der Waals surface area contributed by atoms with Crippen LogP contribution in [0, 0.1) is 12.8 Å². The first-order valence-corrected chi connectivity index (χ1v) is 9.51. The van der Waals surface area contributed by atoms with Crippen LogP contribution in [0.5, 0.6) is 0 Å². The summed E-state index contributed by atoms with van der Waals surface area (Å²) in [4.78, 5) is 32.9. The molecule has 0 radical (unpaired) electrons. The summed E-state index contributed by atoms with van der Waals surface area (Å²) in [6.45, 7) is 5.63. The normalized spacial score (nSPS) is 16.8. The number of benzene rings is 1. The van der Waals surface area contributed by atoms with E-state index in [0.29, 0.717) is 11.5 Å². The van der Waals surface area contributed by atoms with E-state index in [4.69, 9.17) is 4.98 Å². The second-order valence-electron chi connectivity index (χ2n) is 7.55. The molecule has 146 valence electrons. The van der Waals surface area contributed by atoms with Gasteiger partial charge < -0.3 is 19.6 Å². The zero-order chi connectivity index (χ0) is 19.8. The highest BCUT2D eigenvalue weighted by molar-refractivity contribution is 5.81. The van der Waals surface area contributed by atoms with Gasteiger partial charge in [0.05, 0.1) is 17.6 Å². The molecule has 7 heteroatoms. The number of imidazole rings is 1. The van der Waals surface area contributed by atoms with Crippen LogP contribution in [0.3, 0.4) is 0 Å². The molecule has 1 amide bonds. The maximum Gasteiger partial charge on any atom is 0.250 e. The third kappa shape index (κ3) is 3.33. The fraction of sp³-hybridized carbons (Fsp3) is 0.381. The number of aliphatic hydroxyl groups excluding tert-OH is 1. The van der Waals surface area contributed by atoms with Gasteiger partial charge in [-0.1, -0.05) is 6.07 Å². The summed E-state index contributed by atoms with van der Waals surface area (Å²) in [6.07, 6.45) is 2.65. The standard InChI is InChI=1S/C21H24N4O3/c1-13-7-17(9-22-21(13)28)20-23-18-8-15(12-26)3-4-19(18)25(20)11-16-5-6-24(10-16)14(2)27/h3-4,7-9,16,26H,5-6,10-12H2,1-2H3,(H,22,28). The van der Waals surface area contributed by atoms with E-state index in [2.05, 4.69) is 9.55 Å². The Morgan fingerprint density at radius 1 is 1.36 bits per heavy atom. The van der Waals surface area contributed by atoms with Crippen molar-refractivity contribution in [1.82, 2.24) is 19.4 Å². The summed E-state index contributed by atoms with van der Waals surface area (Å²) >= 11 is 0. The zero-order valence-electron chi connectivity index (χ0n) is 16.1. The fourth-order valence-corrected chi connectivity index (χ4v) is 3.93. The number of aromatic amines is 1. The number of nitrogens with zero attached hydrogens (tertiary/aromatic N) is 3. The Kier molecular flexibility index (Phi) is 4.77. The summed E-state index contributed by atoms with van der Waals surface area (Å²) < 4.78 is 2.16. The molecule has 1 unspecified atom stereocenters. The van der Waals surface area contributed by atoms with Gasteiger partial charge in [-0.25, -0.2) is 4.98 Å². The van der Waals surface area contributed by atoms with E-state index in [-0.39, 0.29) is 18.1 Å². The first-order valence-electron chi connectivity index (χ1n) is 9.51. The lowest BCUT2D eigenvalue weighted by atomic mass is 10.1. The molecule has 2 aromatic heterocycles. The number of nitrogens with one attached hydrogen (secondary N) is 1. The number of aromatic nitrogens is 3. The van der Waals surface area contributed by atoms with Gasteiger partial charge in [0.15, 0.2) is 0 Å². The predicted molar refractivity (Wildman–Crippen MR) is 107 cm³/mol. The van der Waals surface area contributed by atoms with Crippen LogP contribution in [-0.4, -0.2) is 43.5 Å². The number of amides is 1. The maximum absolute atomic E-state index is 11.8. The zero-order valence-corrected chi connectivity index (χ0v) is 16.1. The summed E-state index contributed by atoms with van der Waals surface area (Å²) in [5.74, 6) is 1.24. The van der Waals surface area contributed by atoms with Gasteiger partial charge in [0, 0.05) is 43.9 Å². The van der Waals surface area contributed by atoms with E-state index < -0.39 is 0 Å². The van der Waals surface area contributed by atoms with Crippen LogP contribution < -0.4 is 5.56 Å². The van der Waals surface area contributed by atoms with Gasteiger partial charge in [-0.2, -0.15) is 0 Å². The second kappa shape index (κ2) is 7.24. The van der Waals surface area contributed by atoms with E-state index in [0.717, 1.165) is 54.0 Å². The lowest BCUT2D eigenvalue weighted by Crippen LogP contribution is -2.26. The van der Waals surface area contributed by atoms with Crippen LogP contribution in [0.1, 0.15) is 24.5 Å². The van der Waals surface area contributed by atoms with Crippen LogP contribution in [0.4, 0.5) is 0 Å². The summed E-state index contributed by atoms with van der Waals surface area (Å²) in [5.41, 5.74) is 3.98. The Balaban J connectivity index is 1.79.